The van der Waals surface area contributed by atoms with E-state index in [2.05, 4.69) is 5.32 Å². The molecule has 3 aromatic rings. The van der Waals surface area contributed by atoms with Crippen molar-refractivity contribution in [3.63, 3.8) is 0 Å². The van der Waals surface area contributed by atoms with Gasteiger partial charge in [0.1, 0.15) is 21.4 Å². The molecule has 2 aromatic carbocycles. The van der Waals surface area contributed by atoms with Crippen molar-refractivity contribution >= 4 is 38.6 Å². The lowest BCUT2D eigenvalue weighted by Gasteiger charge is -2.35. The van der Waals surface area contributed by atoms with Crippen molar-refractivity contribution in [1.29, 1.82) is 0 Å². The third-order valence-corrected chi connectivity index (χ3v) is 7.99. The predicted octanol–water partition coefficient (Wildman–Crippen LogP) is 3.79. The molecule has 0 radical (unpaired) electrons. The Kier molecular flexibility index (Phi) is 6.03. The molecule has 1 saturated heterocycles. The van der Waals surface area contributed by atoms with E-state index in [1.165, 1.54) is 40.0 Å². The zero-order chi connectivity index (χ0) is 22.0. The van der Waals surface area contributed by atoms with E-state index in [0.717, 1.165) is 11.3 Å². The van der Waals surface area contributed by atoms with Crippen LogP contribution < -0.4 is 10.2 Å². The summed E-state index contributed by atoms with van der Waals surface area (Å²) in [6.45, 7) is 0.948. The number of nitrogens with one attached hydrogen (secondary N) is 1. The largest absolute Gasteiger partial charge is 0.367 e. The van der Waals surface area contributed by atoms with Crippen LogP contribution in [0.4, 0.5) is 20.2 Å². The number of hydrogen-bond acceptors (Lipinski definition) is 5. The van der Waals surface area contributed by atoms with E-state index in [1.807, 2.05) is 0 Å². The highest BCUT2D eigenvalue weighted by Gasteiger charge is 2.33. The SMILES string of the molecule is O=C(Nc1ccccc1F)c1sccc1S(=O)(=O)N1CCN(c2ccccc2F)CC1. The lowest BCUT2D eigenvalue weighted by Crippen LogP contribution is -2.49. The maximum absolute atomic E-state index is 14.0. The van der Waals surface area contributed by atoms with Crippen molar-refractivity contribution in [3.05, 3.63) is 76.5 Å². The molecule has 1 aliphatic rings. The predicted molar refractivity (Wildman–Crippen MR) is 116 cm³/mol. The van der Waals surface area contributed by atoms with Gasteiger partial charge in [-0.1, -0.05) is 24.3 Å². The fraction of sp³-hybridized carbons (Fsp3) is 0.190. The third kappa shape index (κ3) is 4.32. The molecule has 6 nitrogen and oxygen atoms in total. The highest BCUT2D eigenvalue weighted by molar-refractivity contribution is 7.89. The standard InChI is InChI=1S/C21H19F2N3O3S2/c22-15-5-1-3-7-17(15)24-21(27)20-19(9-14-30-20)31(28,29)26-12-10-25(11-13-26)18-8-4-2-6-16(18)23/h1-9,14H,10-13H2,(H,24,27). The Morgan fingerprint density at radius 1 is 0.903 bits per heavy atom. The molecule has 1 N–H and O–H groups in total. The number of sulfonamides is 1. The van der Waals surface area contributed by atoms with Crippen molar-refractivity contribution in [3.8, 4) is 0 Å². The van der Waals surface area contributed by atoms with E-state index in [4.69, 9.17) is 0 Å². The summed E-state index contributed by atoms with van der Waals surface area (Å²) in [4.78, 5) is 14.3. The summed E-state index contributed by atoms with van der Waals surface area (Å²) in [7, 11) is -3.94. The van der Waals surface area contributed by atoms with Gasteiger partial charge >= 0.3 is 0 Å². The zero-order valence-corrected chi connectivity index (χ0v) is 17.9. The minimum atomic E-state index is -3.94. The molecule has 0 saturated carbocycles. The molecular formula is C21H19F2N3O3S2. The second kappa shape index (κ2) is 8.74. The van der Waals surface area contributed by atoms with Crippen LogP contribution in [0.25, 0.3) is 0 Å². The van der Waals surface area contributed by atoms with E-state index in [9.17, 15) is 22.0 Å². The molecule has 1 amide bonds. The molecular weight excluding hydrogens is 444 g/mol. The summed E-state index contributed by atoms with van der Waals surface area (Å²) in [6.07, 6.45) is 0. The van der Waals surface area contributed by atoms with Crippen LogP contribution in [-0.4, -0.2) is 44.8 Å². The van der Waals surface area contributed by atoms with Crippen LogP contribution >= 0.6 is 11.3 Å². The van der Waals surface area contributed by atoms with Gasteiger partial charge in [-0.05, 0) is 35.7 Å². The first kappa shape index (κ1) is 21.4. The van der Waals surface area contributed by atoms with Crippen LogP contribution in [0, 0.1) is 11.6 Å². The quantitative estimate of drug-likeness (QED) is 0.625. The molecule has 0 atom stereocenters. The van der Waals surface area contributed by atoms with Crippen molar-refractivity contribution in [2.24, 2.45) is 0 Å². The Hall–Kier alpha value is -2.82. The number of carbonyl (C=O) groups is 1. The molecule has 162 valence electrons. The summed E-state index contributed by atoms with van der Waals surface area (Å²) in [5.74, 6) is -1.66. The molecule has 4 rings (SSSR count). The molecule has 0 aliphatic carbocycles. The minimum Gasteiger partial charge on any atom is -0.367 e. The van der Waals surface area contributed by atoms with Crippen LogP contribution in [0.15, 0.2) is 64.9 Å². The van der Waals surface area contributed by atoms with E-state index < -0.39 is 21.7 Å². The van der Waals surface area contributed by atoms with Crippen LogP contribution in [0.2, 0.25) is 0 Å². The Labute approximate surface area is 182 Å². The van der Waals surface area contributed by atoms with E-state index >= 15 is 0 Å². The van der Waals surface area contributed by atoms with E-state index in [-0.39, 0.29) is 34.4 Å². The molecule has 0 unspecified atom stereocenters. The van der Waals surface area contributed by atoms with Gasteiger partial charge in [0.2, 0.25) is 10.0 Å². The van der Waals surface area contributed by atoms with Crippen molar-refractivity contribution in [2.75, 3.05) is 36.4 Å². The number of rotatable bonds is 5. The number of para-hydroxylation sites is 2. The number of benzene rings is 2. The second-order valence-corrected chi connectivity index (χ2v) is 9.71. The van der Waals surface area contributed by atoms with Gasteiger partial charge in [0.05, 0.1) is 11.4 Å². The zero-order valence-electron chi connectivity index (χ0n) is 16.3. The Morgan fingerprint density at radius 2 is 1.55 bits per heavy atom. The van der Waals surface area contributed by atoms with Gasteiger partial charge in [-0.2, -0.15) is 4.31 Å². The lowest BCUT2D eigenvalue weighted by atomic mass is 10.2. The first-order valence-corrected chi connectivity index (χ1v) is 11.8. The van der Waals surface area contributed by atoms with Crippen LogP contribution in [0.3, 0.4) is 0 Å². The first-order chi connectivity index (χ1) is 14.9. The van der Waals surface area contributed by atoms with Crippen molar-refractivity contribution in [1.82, 2.24) is 4.31 Å². The average molecular weight is 464 g/mol. The van der Waals surface area contributed by atoms with Gasteiger partial charge in [-0.3, -0.25) is 4.79 Å². The van der Waals surface area contributed by atoms with Gasteiger partial charge in [0, 0.05) is 26.2 Å². The highest BCUT2D eigenvalue weighted by Crippen LogP contribution is 2.28. The summed E-state index contributed by atoms with van der Waals surface area (Å²) in [5, 5.41) is 3.94. The Morgan fingerprint density at radius 3 is 2.23 bits per heavy atom. The smallest absolute Gasteiger partial charge is 0.267 e. The van der Waals surface area contributed by atoms with Gasteiger partial charge in [-0.15, -0.1) is 11.3 Å². The van der Waals surface area contributed by atoms with Crippen LogP contribution in [-0.2, 0) is 10.0 Å². The number of halogens is 2. The number of thiophene rings is 1. The Balaban J connectivity index is 1.50. The highest BCUT2D eigenvalue weighted by atomic mass is 32.2. The number of amides is 1. The maximum atomic E-state index is 14.0. The number of piperazine rings is 1. The normalized spacial score (nSPS) is 15.1. The number of carbonyl (C=O) groups excluding carboxylic acids is 1. The number of hydrogen-bond donors (Lipinski definition) is 1. The summed E-state index contributed by atoms with van der Waals surface area (Å²) < 4.78 is 55.5. The third-order valence-electron chi connectivity index (χ3n) is 5.01. The first-order valence-electron chi connectivity index (χ1n) is 9.51. The van der Waals surface area contributed by atoms with Gasteiger partial charge in [0.25, 0.3) is 5.91 Å². The lowest BCUT2D eigenvalue weighted by molar-refractivity contribution is 0.102. The summed E-state index contributed by atoms with van der Waals surface area (Å²) in [6, 6.07) is 13.4. The molecule has 1 aliphatic heterocycles. The fourth-order valence-corrected chi connectivity index (χ4v) is 6.14. The summed E-state index contributed by atoms with van der Waals surface area (Å²) in [5.41, 5.74) is 0.405. The van der Waals surface area contributed by atoms with E-state index in [0.29, 0.717) is 18.8 Å². The second-order valence-electron chi connectivity index (χ2n) is 6.89. The summed E-state index contributed by atoms with van der Waals surface area (Å²) >= 11 is 0.973. The van der Waals surface area contributed by atoms with E-state index in [1.54, 1.807) is 29.2 Å². The minimum absolute atomic E-state index is 0.0141. The van der Waals surface area contributed by atoms with Crippen LogP contribution in [0.5, 0.6) is 0 Å². The number of anilines is 2. The van der Waals surface area contributed by atoms with Crippen molar-refractivity contribution in [2.45, 2.75) is 4.90 Å². The van der Waals surface area contributed by atoms with Gasteiger partial charge < -0.3 is 10.2 Å². The number of nitrogens with zero attached hydrogens (tertiary/aromatic N) is 2. The van der Waals surface area contributed by atoms with Crippen molar-refractivity contribution < 1.29 is 22.0 Å². The molecule has 1 aromatic heterocycles. The molecule has 10 heteroatoms. The fourth-order valence-electron chi connectivity index (χ4n) is 3.42. The molecule has 1 fully saturated rings. The van der Waals surface area contributed by atoms with Gasteiger partial charge in [0.15, 0.2) is 0 Å². The van der Waals surface area contributed by atoms with Gasteiger partial charge in [-0.25, -0.2) is 17.2 Å². The molecule has 31 heavy (non-hydrogen) atoms. The maximum Gasteiger partial charge on any atom is 0.267 e. The van der Waals surface area contributed by atoms with Crippen LogP contribution in [0.1, 0.15) is 9.67 Å². The average Bonchev–Trinajstić information content (AvgIpc) is 3.27. The molecule has 0 bridgehead atoms. The topological polar surface area (TPSA) is 69.7 Å². The molecule has 2 heterocycles. The molecule has 0 spiro atoms. The Bertz CT molecular complexity index is 1210. The monoisotopic (exact) mass is 463 g/mol.